The quantitative estimate of drug-likeness (QED) is 0.152. The Morgan fingerprint density at radius 2 is 1.22 bits per heavy atom. The van der Waals surface area contributed by atoms with Gasteiger partial charge in [0.2, 0.25) is 0 Å². The van der Waals surface area contributed by atoms with Crippen molar-refractivity contribution < 1.29 is 0 Å². The maximum Gasteiger partial charge on any atom is 0.0461 e. The highest BCUT2D eigenvalue weighted by atomic mass is 32.1. The lowest BCUT2D eigenvalue weighted by Crippen LogP contribution is -2.20. The van der Waals surface area contributed by atoms with Crippen LogP contribution in [0.1, 0.15) is 23.5 Å². The Kier molecular flexibility index (Phi) is 8.38. The molecule has 0 radical (unpaired) electrons. The third-order valence-electron chi connectivity index (χ3n) is 13.0. The highest BCUT2D eigenvalue weighted by Gasteiger charge is 2.28. The van der Waals surface area contributed by atoms with Crippen molar-refractivity contribution in [2.24, 2.45) is 11.8 Å². The van der Waals surface area contributed by atoms with E-state index in [4.69, 9.17) is 0 Å². The van der Waals surface area contributed by atoms with Gasteiger partial charge < -0.3 is 4.90 Å². The van der Waals surface area contributed by atoms with Crippen LogP contribution < -0.4 is 4.90 Å². The first-order chi connectivity index (χ1) is 29.7. The Morgan fingerprint density at radius 3 is 2.07 bits per heavy atom. The van der Waals surface area contributed by atoms with Gasteiger partial charge in [-0.05, 0) is 109 Å². The van der Waals surface area contributed by atoms with E-state index in [0.717, 1.165) is 17.8 Å². The van der Waals surface area contributed by atoms with Crippen LogP contribution in [0, 0.1) is 11.8 Å². The molecule has 284 valence electrons. The number of fused-ring (bicyclic) bond motifs is 9. The van der Waals surface area contributed by atoms with E-state index in [1.165, 1.54) is 86.4 Å². The second-order valence-electron chi connectivity index (χ2n) is 16.4. The molecule has 0 aliphatic heterocycles. The van der Waals surface area contributed by atoms with Gasteiger partial charge in [0.25, 0.3) is 0 Å². The molecule has 4 aliphatic carbocycles. The van der Waals surface area contributed by atoms with Gasteiger partial charge in [-0.3, -0.25) is 0 Å². The van der Waals surface area contributed by atoms with Crippen molar-refractivity contribution in [3.8, 4) is 11.1 Å². The third-order valence-corrected chi connectivity index (χ3v) is 14.2. The summed E-state index contributed by atoms with van der Waals surface area (Å²) in [5, 5.41) is 7.84. The van der Waals surface area contributed by atoms with Crippen LogP contribution in [0.4, 0.5) is 11.4 Å². The molecule has 60 heavy (non-hydrogen) atoms. The topological polar surface area (TPSA) is 3.24 Å². The molecule has 0 amide bonds. The molecule has 0 spiro atoms. The Bertz CT molecular complexity index is 3280. The summed E-state index contributed by atoms with van der Waals surface area (Å²) in [5.41, 5.74) is 12.6. The van der Waals surface area contributed by atoms with Crippen LogP contribution in [0.25, 0.3) is 58.4 Å². The Morgan fingerprint density at radius 1 is 0.500 bits per heavy atom. The first kappa shape index (κ1) is 35.0. The number of rotatable bonds is 6. The zero-order valence-electron chi connectivity index (χ0n) is 33.1. The summed E-state index contributed by atoms with van der Waals surface area (Å²) in [6, 6.07) is 53.9. The van der Waals surface area contributed by atoms with E-state index in [0.29, 0.717) is 17.8 Å². The summed E-state index contributed by atoms with van der Waals surface area (Å²) in [5.74, 6) is 1.13. The summed E-state index contributed by atoms with van der Waals surface area (Å²) < 4.78 is 2.76. The van der Waals surface area contributed by atoms with Gasteiger partial charge in [-0.15, -0.1) is 11.3 Å². The summed E-state index contributed by atoms with van der Waals surface area (Å²) in [7, 11) is 0. The lowest BCUT2D eigenvalue weighted by Gasteiger charge is -2.31. The van der Waals surface area contributed by atoms with Crippen molar-refractivity contribution in [2.45, 2.75) is 12.3 Å². The van der Waals surface area contributed by atoms with Crippen molar-refractivity contribution in [3.05, 3.63) is 246 Å². The second kappa shape index (κ2) is 14.4. The number of nitrogens with zero attached hydrogens (tertiary/aromatic N) is 1. The molecule has 0 N–H and O–H groups in total. The molecule has 12 rings (SSSR count). The van der Waals surface area contributed by atoms with E-state index in [-0.39, 0.29) is 0 Å². The van der Waals surface area contributed by atoms with Crippen LogP contribution in [0.5, 0.6) is 0 Å². The van der Waals surface area contributed by atoms with Crippen LogP contribution in [-0.4, -0.2) is 0 Å². The number of hydrogen-bond acceptors (Lipinski definition) is 2. The highest BCUT2D eigenvalue weighted by Crippen LogP contribution is 2.44. The molecule has 0 saturated heterocycles. The average Bonchev–Trinajstić information content (AvgIpc) is 3.71. The van der Waals surface area contributed by atoms with E-state index < -0.39 is 0 Å². The van der Waals surface area contributed by atoms with Crippen LogP contribution in [-0.2, 0) is 0 Å². The number of allylic oxidation sites excluding steroid dienone is 15. The number of thiophene rings is 1. The van der Waals surface area contributed by atoms with Gasteiger partial charge in [0.15, 0.2) is 0 Å². The lowest BCUT2D eigenvalue weighted by atomic mass is 9.73. The van der Waals surface area contributed by atoms with E-state index in [1.54, 1.807) is 0 Å². The highest BCUT2D eigenvalue weighted by molar-refractivity contribution is 7.26. The fraction of sp³-hybridized carbons (Fsp3) is 0.0690. The molecule has 7 aromatic carbocycles. The molecule has 3 unspecified atom stereocenters. The lowest BCUT2D eigenvalue weighted by molar-refractivity contribution is 0.615. The fourth-order valence-corrected chi connectivity index (χ4v) is 11.2. The van der Waals surface area contributed by atoms with Crippen LogP contribution in [0.15, 0.2) is 235 Å². The zero-order chi connectivity index (χ0) is 39.6. The van der Waals surface area contributed by atoms with Crippen LogP contribution >= 0.6 is 11.3 Å². The predicted molar refractivity (Wildman–Crippen MR) is 258 cm³/mol. The first-order valence-electron chi connectivity index (χ1n) is 21.1. The molecular weight excluding hydrogens is 743 g/mol. The van der Waals surface area contributed by atoms with Gasteiger partial charge in [0.05, 0.1) is 0 Å². The standard InChI is InChI=1S/C58H41NS/c1-3-10-50-40(8-1)16-18-45-36-43(26-34-52(45)50)38-20-28-47(29-21-38)59(49-32-24-42(25-33-49)54-13-7-14-56-55-12-5-6-15-57(55)60-58(54)56)48-30-22-39(23-31-48)44-27-35-53-46(37-44)19-17-41-9-2-4-11-51(41)53/h1-24,26-37,42,50,52H,25H2. The largest absolute Gasteiger partial charge is 0.311 e. The SMILES string of the molecule is C1=CC2=CC=C3C=C(c4ccc(N(C5=CCC(c6cccc7c6sc6ccccc67)C=C5)c5ccc(-c6ccc7c(ccc8ccccc87)c6)cc5)cc4)C=CC3C2C=C1. The van der Waals surface area contributed by atoms with Gasteiger partial charge in [0.1, 0.15) is 0 Å². The number of anilines is 2. The summed E-state index contributed by atoms with van der Waals surface area (Å²) in [6.45, 7) is 0. The second-order valence-corrected chi connectivity index (χ2v) is 17.4. The molecule has 1 nitrogen and oxygen atoms in total. The van der Waals surface area contributed by atoms with E-state index in [9.17, 15) is 0 Å². The van der Waals surface area contributed by atoms with Gasteiger partial charge >= 0.3 is 0 Å². The van der Waals surface area contributed by atoms with Crippen molar-refractivity contribution >= 4 is 70.0 Å². The van der Waals surface area contributed by atoms with Crippen LogP contribution in [0.3, 0.4) is 0 Å². The molecule has 3 atom stereocenters. The Balaban J connectivity index is 0.882. The number of benzene rings is 7. The van der Waals surface area contributed by atoms with Crippen molar-refractivity contribution in [1.29, 1.82) is 0 Å². The minimum absolute atomic E-state index is 0.316. The molecule has 8 aromatic rings. The van der Waals surface area contributed by atoms with Gasteiger partial charge in [-0.2, -0.15) is 0 Å². The Labute approximate surface area is 354 Å². The van der Waals surface area contributed by atoms with Gasteiger partial charge in [-0.1, -0.05) is 176 Å². The predicted octanol–water partition coefficient (Wildman–Crippen LogP) is 16.0. The summed E-state index contributed by atoms with van der Waals surface area (Å²) in [6.07, 6.45) is 28.7. The monoisotopic (exact) mass is 783 g/mol. The third kappa shape index (κ3) is 5.98. The normalized spacial score (nSPS) is 19.2. The smallest absolute Gasteiger partial charge is 0.0461 e. The van der Waals surface area contributed by atoms with E-state index in [2.05, 4.69) is 223 Å². The summed E-state index contributed by atoms with van der Waals surface area (Å²) in [4.78, 5) is 2.42. The van der Waals surface area contributed by atoms with Crippen molar-refractivity contribution in [2.75, 3.05) is 4.90 Å². The molecule has 0 fully saturated rings. The molecule has 0 saturated carbocycles. The van der Waals surface area contributed by atoms with E-state index >= 15 is 0 Å². The molecule has 4 aliphatic rings. The van der Waals surface area contributed by atoms with Crippen molar-refractivity contribution in [1.82, 2.24) is 0 Å². The minimum atomic E-state index is 0.316. The summed E-state index contributed by atoms with van der Waals surface area (Å²) >= 11 is 1.92. The first-order valence-corrected chi connectivity index (χ1v) is 21.9. The van der Waals surface area contributed by atoms with Gasteiger partial charge in [0, 0.05) is 55.0 Å². The van der Waals surface area contributed by atoms with Crippen LogP contribution in [0.2, 0.25) is 0 Å². The maximum atomic E-state index is 2.44. The van der Waals surface area contributed by atoms with Gasteiger partial charge in [-0.25, -0.2) is 0 Å². The Hall–Kier alpha value is -7.00. The average molecular weight is 784 g/mol. The fourth-order valence-electron chi connectivity index (χ4n) is 9.88. The minimum Gasteiger partial charge on any atom is -0.311 e. The molecule has 1 aromatic heterocycles. The van der Waals surface area contributed by atoms with Crippen molar-refractivity contribution in [3.63, 3.8) is 0 Å². The molecule has 1 heterocycles. The molecular formula is C58H41NS. The van der Waals surface area contributed by atoms with E-state index in [1.807, 2.05) is 11.3 Å². The number of hydrogen-bond donors (Lipinski definition) is 0. The maximum absolute atomic E-state index is 2.44. The molecule has 2 heteroatoms. The zero-order valence-corrected chi connectivity index (χ0v) is 33.9. The molecule has 0 bridgehead atoms.